The third-order valence-corrected chi connectivity index (χ3v) is 5.09. The maximum atomic E-state index is 4.50. The highest BCUT2D eigenvalue weighted by atomic mass is 15.2. The molecule has 0 unspecified atom stereocenters. The Labute approximate surface area is 125 Å². The van der Waals surface area contributed by atoms with Crippen LogP contribution < -0.4 is 4.90 Å². The highest BCUT2D eigenvalue weighted by Gasteiger charge is 2.42. The Balaban J connectivity index is 1.46. The zero-order valence-corrected chi connectivity index (χ0v) is 12.1. The predicted molar refractivity (Wildman–Crippen MR) is 81.9 cm³/mol. The van der Waals surface area contributed by atoms with Crippen molar-refractivity contribution in [2.75, 3.05) is 18.0 Å². The Bertz CT molecular complexity index is 586. The molecule has 4 nitrogen and oxygen atoms in total. The maximum Gasteiger partial charge on any atom is 0.128 e. The van der Waals surface area contributed by atoms with Crippen molar-refractivity contribution >= 4 is 5.82 Å². The molecule has 2 aliphatic rings. The van der Waals surface area contributed by atoms with Crippen LogP contribution in [0.5, 0.6) is 0 Å². The van der Waals surface area contributed by atoms with Gasteiger partial charge in [-0.15, -0.1) is 0 Å². The van der Waals surface area contributed by atoms with Crippen molar-refractivity contribution < 1.29 is 0 Å². The number of hydrogen-bond donors (Lipinski definition) is 0. The average molecular weight is 280 g/mol. The summed E-state index contributed by atoms with van der Waals surface area (Å²) in [6.45, 7) is 2.32. The first-order valence-corrected chi connectivity index (χ1v) is 7.80. The molecule has 4 heteroatoms. The predicted octanol–water partition coefficient (Wildman–Crippen LogP) is 2.58. The molecule has 1 aliphatic heterocycles. The molecular weight excluding hydrogens is 260 g/mol. The van der Waals surface area contributed by atoms with Gasteiger partial charge in [0, 0.05) is 31.7 Å². The van der Waals surface area contributed by atoms with Gasteiger partial charge in [-0.2, -0.15) is 0 Å². The third-order valence-electron chi connectivity index (χ3n) is 5.09. The van der Waals surface area contributed by atoms with E-state index in [0.29, 0.717) is 0 Å². The summed E-state index contributed by atoms with van der Waals surface area (Å²) in [5.74, 6) is 3.54. The molecule has 1 aliphatic carbocycles. The molecule has 4 rings (SSSR count). The van der Waals surface area contributed by atoms with Crippen LogP contribution in [-0.4, -0.2) is 28.0 Å². The van der Waals surface area contributed by atoms with Gasteiger partial charge in [0.05, 0.1) is 0 Å². The van der Waals surface area contributed by atoms with Crippen molar-refractivity contribution in [1.29, 1.82) is 0 Å². The largest absolute Gasteiger partial charge is 0.356 e. The van der Waals surface area contributed by atoms with Crippen LogP contribution in [0.1, 0.15) is 18.4 Å². The normalized spacial score (nSPS) is 27.8. The zero-order chi connectivity index (χ0) is 14.1. The minimum absolute atomic E-state index is 0.773. The Hall–Kier alpha value is -1.97. The molecule has 0 aromatic carbocycles. The third kappa shape index (κ3) is 2.50. The van der Waals surface area contributed by atoms with Gasteiger partial charge < -0.3 is 4.90 Å². The van der Waals surface area contributed by atoms with Crippen molar-refractivity contribution in [3.8, 4) is 0 Å². The van der Waals surface area contributed by atoms with Gasteiger partial charge in [-0.1, -0.05) is 6.07 Å². The van der Waals surface area contributed by atoms with E-state index in [0.717, 1.165) is 36.5 Å². The Morgan fingerprint density at radius 1 is 1.10 bits per heavy atom. The topological polar surface area (TPSA) is 41.9 Å². The second-order valence-electron chi connectivity index (χ2n) is 6.31. The maximum absolute atomic E-state index is 4.50. The fourth-order valence-electron chi connectivity index (χ4n) is 4.10. The second kappa shape index (κ2) is 5.43. The van der Waals surface area contributed by atoms with E-state index in [1.807, 2.05) is 24.7 Å². The number of nitrogens with zero attached hydrogens (tertiary/aromatic N) is 4. The lowest BCUT2D eigenvalue weighted by molar-refractivity contribution is 0.375. The summed E-state index contributed by atoms with van der Waals surface area (Å²) in [7, 11) is 0. The molecule has 0 radical (unpaired) electrons. The molecule has 0 amide bonds. The molecule has 2 fully saturated rings. The smallest absolute Gasteiger partial charge is 0.128 e. The van der Waals surface area contributed by atoms with Crippen molar-refractivity contribution in [2.24, 2.45) is 17.8 Å². The quantitative estimate of drug-likeness (QED) is 0.866. The summed E-state index contributed by atoms with van der Waals surface area (Å²) in [5, 5.41) is 0. The van der Waals surface area contributed by atoms with Gasteiger partial charge >= 0.3 is 0 Å². The van der Waals surface area contributed by atoms with Crippen LogP contribution in [0.25, 0.3) is 0 Å². The summed E-state index contributed by atoms with van der Waals surface area (Å²) in [5.41, 5.74) is 1.28. The van der Waals surface area contributed by atoms with Crippen molar-refractivity contribution in [2.45, 2.75) is 19.3 Å². The van der Waals surface area contributed by atoms with E-state index in [1.165, 1.54) is 24.9 Å². The average Bonchev–Trinajstić information content (AvgIpc) is 3.11. The first-order valence-electron chi connectivity index (χ1n) is 7.80. The van der Waals surface area contributed by atoms with Crippen molar-refractivity contribution in [3.05, 3.63) is 48.7 Å². The number of hydrogen-bond acceptors (Lipinski definition) is 4. The van der Waals surface area contributed by atoms with Gasteiger partial charge in [0.2, 0.25) is 0 Å². The lowest BCUT2D eigenvalue weighted by Crippen LogP contribution is -2.24. The monoisotopic (exact) mass is 280 g/mol. The fraction of sp³-hybridized carbons (Fsp3) is 0.471. The summed E-state index contributed by atoms with van der Waals surface area (Å²) in [4.78, 5) is 15.3. The molecular formula is C17H20N4. The number of aromatic nitrogens is 3. The fourth-order valence-corrected chi connectivity index (χ4v) is 4.10. The zero-order valence-electron chi connectivity index (χ0n) is 12.1. The number of pyridine rings is 1. The Morgan fingerprint density at radius 2 is 2.00 bits per heavy atom. The van der Waals surface area contributed by atoms with Crippen LogP contribution in [0.4, 0.5) is 5.82 Å². The van der Waals surface area contributed by atoms with E-state index in [4.69, 9.17) is 0 Å². The SMILES string of the molecule is c1ccc(N2C[C@H]3CC[C@H](Cc4cncnc4)[C@H]3C2)nc1. The Kier molecular flexibility index (Phi) is 3.30. The van der Waals surface area contributed by atoms with Crippen LogP contribution in [0.15, 0.2) is 43.1 Å². The molecule has 1 saturated heterocycles. The molecule has 108 valence electrons. The first-order chi connectivity index (χ1) is 10.4. The van der Waals surface area contributed by atoms with E-state index in [2.05, 4.69) is 32.0 Å². The molecule has 0 N–H and O–H groups in total. The molecule has 2 aromatic rings. The molecule has 3 atom stereocenters. The van der Waals surface area contributed by atoms with Crippen molar-refractivity contribution in [3.63, 3.8) is 0 Å². The summed E-state index contributed by atoms with van der Waals surface area (Å²) >= 11 is 0. The lowest BCUT2D eigenvalue weighted by atomic mass is 9.88. The van der Waals surface area contributed by atoms with Gasteiger partial charge in [0.25, 0.3) is 0 Å². The highest BCUT2D eigenvalue weighted by molar-refractivity contribution is 5.39. The van der Waals surface area contributed by atoms with Crippen LogP contribution >= 0.6 is 0 Å². The van der Waals surface area contributed by atoms with E-state index >= 15 is 0 Å². The number of anilines is 1. The highest BCUT2D eigenvalue weighted by Crippen LogP contribution is 2.44. The molecule has 0 bridgehead atoms. The summed E-state index contributed by atoms with van der Waals surface area (Å²) in [6, 6.07) is 6.19. The van der Waals surface area contributed by atoms with E-state index in [-0.39, 0.29) is 0 Å². The minimum Gasteiger partial charge on any atom is -0.356 e. The lowest BCUT2D eigenvalue weighted by Gasteiger charge is -2.21. The van der Waals surface area contributed by atoms with E-state index in [9.17, 15) is 0 Å². The van der Waals surface area contributed by atoms with Gasteiger partial charge in [-0.25, -0.2) is 15.0 Å². The van der Waals surface area contributed by atoms with Gasteiger partial charge in [0.1, 0.15) is 12.1 Å². The van der Waals surface area contributed by atoms with Gasteiger partial charge in [-0.3, -0.25) is 0 Å². The molecule has 21 heavy (non-hydrogen) atoms. The van der Waals surface area contributed by atoms with E-state index < -0.39 is 0 Å². The summed E-state index contributed by atoms with van der Waals surface area (Å²) in [6.07, 6.45) is 11.3. The van der Waals surface area contributed by atoms with Gasteiger partial charge in [-0.05, 0) is 54.7 Å². The van der Waals surface area contributed by atoms with Crippen LogP contribution in [0.3, 0.4) is 0 Å². The van der Waals surface area contributed by atoms with Crippen LogP contribution in [0, 0.1) is 17.8 Å². The Morgan fingerprint density at radius 3 is 2.81 bits per heavy atom. The van der Waals surface area contributed by atoms with Crippen LogP contribution in [0.2, 0.25) is 0 Å². The summed E-state index contributed by atoms with van der Waals surface area (Å²) < 4.78 is 0. The van der Waals surface area contributed by atoms with Crippen molar-refractivity contribution in [1.82, 2.24) is 15.0 Å². The standard InChI is InChI=1S/C17H20N4/c1-2-6-20-17(3-1)21-10-15-5-4-14(16(15)11-21)7-13-8-18-12-19-9-13/h1-3,6,8-9,12,14-16H,4-5,7,10-11H2/t14-,15-,16-/m1/s1. The number of rotatable bonds is 3. The molecule has 0 spiro atoms. The molecule has 2 aromatic heterocycles. The van der Waals surface area contributed by atoms with Crippen LogP contribution in [-0.2, 0) is 6.42 Å². The molecule has 3 heterocycles. The van der Waals surface area contributed by atoms with E-state index in [1.54, 1.807) is 6.33 Å². The number of fused-ring (bicyclic) bond motifs is 1. The second-order valence-corrected chi connectivity index (χ2v) is 6.31. The molecule has 1 saturated carbocycles. The van der Waals surface area contributed by atoms with Gasteiger partial charge in [0.15, 0.2) is 0 Å². The minimum atomic E-state index is 0.773. The first kappa shape index (κ1) is 12.7.